The molecule has 0 aliphatic rings. The van der Waals surface area contributed by atoms with Gasteiger partial charge in [-0.2, -0.15) is 4.98 Å². The number of hydrogen-bond acceptors (Lipinski definition) is 8. The molecule has 0 bridgehead atoms. The molecular weight excluding hydrogens is 470 g/mol. The van der Waals surface area contributed by atoms with E-state index in [1.54, 1.807) is 37.4 Å². The molecule has 0 saturated heterocycles. The summed E-state index contributed by atoms with van der Waals surface area (Å²) in [4.78, 5) is 58.6. The number of aromatic nitrogens is 4. The highest BCUT2D eigenvalue weighted by atomic mass is 16.5. The normalized spacial score (nSPS) is 11.4. The molecule has 2 aromatic heterocycles. The van der Waals surface area contributed by atoms with Gasteiger partial charge in [0.2, 0.25) is 11.9 Å². The molecule has 13 heteroatoms. The van der Waals surface area contributed by atoms with E-state index >= 15 is 0 Å². The molecule has 190 valence electrons. The van der Waals surface area contributed by atoms with Gasteiger partial charge in [-0.25, -0.2) is 14.6 Å². The molecular formula is C23H27N7O6. The van der Waals surface area contributed by atoms with E-state index in [2.05, 4.69) is 30.9 Å². The summed E-state index contributed by atoms with van der Waals surface area (Å²) in [7, 11) is 0. The number of nitrogens with zero attached hydrogens (tertiary/aromatic N) is 3. The Bertz CT molecular complexity index is 1230. The standard InChI is InChI=1S/C23H27N7O6/c1-15-12-30(22(34)29-20(15)24-8-7-18(31)28-21-25-9-10-26-21)13-17(11-19(32)33)27-23(35)36-14-16-5-3-2-4-6-16/h2-6,9-10,12,17H,7-8,11,13-14H2,1H3,(H,27,35)(H,32,33)(H,24,29,34)(H2,25,26,28,31). The van der Waals surface area contributed by atoms with Crippen molar-refractivity contribution in [1.29, 1.82) is 0 Å². The Labute approximate surface area is 205 Å². The van der Waals surface area contributed by atoms with Gasteiger partial charge in [-0.3, -0.25) is 19.5 Å². The largest absolute Gasteiger partial charge is 0.481 e. The summed E-state index contributed by atoms with van der Waals surface area (Å²) in [6.45, 7) is 1.83. The maximum absolute atomic E-state index is 12.5. The molecule has 13 nitrogen and oxygen atoms in total. The molecule has 0 aliphatic heterocycles. The van der Waals surface area contributed by atoms with Crippen LogP contribution in [0.25, 0.3) is 0 Å². The Hall–Kier alpha value is -4.68. The Balaban J connectivity index is 1.56. The van der Waals surface area contributed by atoms with Crippen molar-refractivity contribution in [3.05, 3.63) is 70.5 Å². The number of aromatic amines is 1. The summed E-state index contributed by atoms with van der Waals surface area (Å²) in [5.41, 5.74) is 0.736. The van der Waals surface area contributed by atoms with Crippen LogP contribution in [0.5, 0.6) is 0 Å². The van der Waals surface area contributed by atoms with E-state index in [0.717, 1.165) is 5.56 Å². The van der Waals surface area contributed by atoms with E-state index < -0.39 is 30.2 Å². The van der Waals surface area contributed by atoms with E-state index in [1.165, 1.54) is 17.0 Å². The minimum Gasteiger partial charge on any atom is -0.481 e. The Morgan fingerprint density at radius 1 is 1.22 bits per heavy atom. The Morgan fingerprint density at radius 2 is 2.00 bits per heavy atom. The number of carboxylic acid groups (broad SMARTS) is 1. The fraction of sp³-hybridized carbons (Fsp3) is 0.304. The van der Waals surface area contributed by atoms with E-state index in [4.69, 9.17) is 4.74 Å². The second kappa shape index (κ2) is 12.7. The zero-order valence-electron chi connectivity index (χ0n) is 19.6. The van der Waals surface area contributed by atoms with Crippen LogP contribution in [0.1, 0.15) is 24.0 Å². The summed E-state index contributed by atoms with van der Waals surface area (Å²) < 4.78 is 6.37. The molecule has 5 N–H and O–H groups in total. The number of carbonyl (C=O) groups is 3. The molecule has 0 fully saturated rings. The topological polar surface area (TPSA) is 180 Å². The number of rotatable bonds is 12. The lowest BCUT2D eigenvalue weighted by Gasteiger charge is -2.19. The molecule has 0 aliphatic carbocycles. The lowest BCUT2D eigenvalue weighted by molar-refractivity contribution is -0.137. The van der Waals surface area contributed by atoms with Gasteiger partial charge in [0.1, 0.15) is 12.4 Å². The van der Waals surface area contributed by atoms with Gasteiger partial charge in [0.25, 0.3) is 0 Å². The van der Waals surface area contributed by atoms with Crippen molar-refractivity contribution in [3.8, 4) is 0 Å². The fourth-order valence-corrected chi connectivity index (χ4v) is 3.27. The first kappa shape index (κ1) is 25.9. The van der Waals surface area contributed by atoms with Crippen molar-refractivity contribution in [2.45, 2.75) is 39.0 Å². The highest BCUT2D eigenvalue weighted by molar-refractivity contribution is 5.89. The van der Waals surface area contributed by atoms with E-state index in [1.807, 2.05) is 6.07 Å². The number of anilines is 2. The van der Waals surface area contributed by atoms with Crippen LogP contribution < -0.4 is 21.6 Å². The Morgan fingerprint density at radius 3 is 2.69 bits per heavy atom. The third-order valence-corrected chi connectivity index (χ3v) is 4.95. The van der Waals surface area contributed by atoms with Gasteiger partial charge >= 0.3 is 17.8 Å². The van der Waals surface area contributed by atoms with Crippen LogP contribution in [-0.2, 0) is 27.5 Å². The second-order valence-corrected chi connectivity index (χ2v) is 7.87. The van der Waals surface area contributed by atoms with E-state index in [-0.39, 0.29) is 32.0 Å². The monoisotopic (exact) mass is 497 g/mol. The highest BCUT2D eigenvalue weighted by Crippen LogP contribution is 2.09. The SMILES string of the molecule is Cc1cn(CC(CC(=O)O)NC(=O)OCc2ccccc2)c(=O)nc1NCCC(=O)Nc1ncc[nH]1. The molecule has 1 atom stereocenters. The number of imidazole rings is 1. The lowest BCUT2D eigenvalue weighted by atomic mass is 10.2. The van der Waals surface area contributed by atoms with Crippen molar-refractivity contribution in [2.24, 2.45) is 0 Å². The average molecular weight is 498 g/mol. The predicted molar refractivity (Wildman–Crippen MR) is 129 cm³/mol. The first-order valence-electron chi connectivity index (χ1n) is 11.1. The maximum atomic E-state index is 12.5. The molecule has 2 amide bonds. The number of aliphatic carboxylic acids is 1. The minimum absolute atomic E-state index is 0.0208. The van der Waals surface area contributed by atoms with E-state index in [0.29, 0.717) is 17.3 Å². The molecule has 0 radical (unpaired) electrons. The van der Waals surface area contributed by atoms with Crippen LogP contribution in [0.15, 0.2) is 53.7 Å². The number of aryl methyl sites for hydroxylation is 1. The van der Waals surface area contributed by atoms with Crippen LogP contribution in [0.4, 0.5) is 16.6 Å². The van der Waals surface area contributed by atoms with Gasteiger partial charge in [0, 0.05) is 43.7 Å². The van der Waals surface area contributed by atoms with Crippen LogP contribution in [0.3, 0.4) is 0 Å². The molecule has 0 saturated carbocycles. The van der Waals surface area contributed by atoms with Crippen LogP contribution in [-0.4, -0.2) is 55.2 Å². The van der Waals surface area contributed by atoms with Gasteiger partial charge in [0.15, 0.2) is 0 Å². The second-order valence-electron chi connectivity index (χ2n) is 7.87. The summed E-state index contributed by atoms with van der Waals surface area (Å²) in [5, 5.41) is 17.3. The molecule has 1 aromatic carbocycles. The number of ether oxygens (including phenoxy) is 1. The number of H-pyrrole nitrogens is 1. The van der Waals surface area contributed by atoms with Gasteiger partial charge in [0.05, 0.1) is 12.5 Å². The van der Waals surface area contributed by atoms with Crippen molar-refractivity contribution in [1.82, 2.24) is 24.8 Å². The molecule has 3 rings (SSSR count). The van der Waals surface area contributed by atoms with Crippen LogP contribution >= 0.6 is 0 Å². The summed E-state index contributed by atoms with van der Waals surface area (Å²) in [6, 6.07) is 8.11. The van der Waals surface area contributed by atoms with E-state index in [9.17, 15) is 24.3 Å². The maximum Gasteiger partial charge on any atom is 0.407 e. The number of nitrogens with one attached hydrogen (secondary N) is 4. The van der Waals surface area contributed by atoms with Gasteiger partial charge in [-0.15, -0.1) is 0 Å². The first-order chi connectivity index (χ1) is 17.3. The average Bonchev–Trinajstić information content (AvgIpc) is 3.34. The number of hydrogen-bond donors (Lipinski definition) is 5. The molecule has 2 heterocycles. The van der Waals surface area contributed by atoms with Crippen LogP contribution in [0.2, 0.25) is 0 Å². The highest BCUT2D eigenvalue weighted by Gasteiger charge is 2.19. The molecule has 1 unspecified atom stereocenters. The summed E-state index contributed by atoms with van der Waals surface area (Å²) in [5.74, 6) is -0.783. The number of benzene rings is 1. The quantitative estimate of drug-likeness (QED) is 0.248. The molecule has 3 aromatic rings. The number of alkyl carbamates (subject to hydrolysis) is 1. The fourth-order valence-electron chi connectivity index (χ4n) is 3.27. The number of amides is 2. The van der Waals surface area contributed by atoms with Crippen molar-refractivity contribution in [2.75, 3.05) is 17.2 Å². The minimum atomic E-state index is -1.15. The first-order valence-corrected chi connectivity index (χ1v) is 11.1. The third kappa shape index (κ3) is 8.27. The summed E-state index contributed by atoms with van der Waals surface area (Å²) in [6.07, 6.45) is 3.50. The van der Waals surface area contributed by atoms with Gasteiger partial charge in [-0.1, -0.05) is 30.3 Å². The number of carboxylic acids is 1. The zero-order valence-corrected chi connectivity index (χ0v) is 19.6. The smallest absolute Gasteiger partial charge is 0.407 e. The lowest BCUT2D eigenvalue weighted by Crippen LogP contribution is -2.42. The van der Waals surface area contributed by atoms with Crippen LogP contribution in [0, 0.1) is 6.92 Å². The third-order valence-electron chi connectivity index (χ3n) is 4.95. The van der Waals surface area contributed by atoms with Gasteiger partial charge < -0.3 is 25.5 Å². The zero-order chi connectivity index (χ0) is 25.9. The predicted octanol–water partition coefficient (Wildman–Crippen LogP) is 1.49. The number of carbonyl (C=O) groups excluding carboxylic acids is 2. The summed E-state index contributed by atoms with van der Waals surface area (Å²) >= 11 is 0. The van der Waals surface area contributed by atoms with Crippen molar-refractivity contribution < 1.29 is 24.2 Å². The van der Waals surface area contributed by atoms with Crippen molar-refractivity contribution >= 4 is 29.7 Å². The molecule has 36 heavy (non-hydrogen) atoms. The van der Waals surface area contributed by atoms with Crippen molar-refractivity contribution in [3.63, 3.8) is 0 Å². The Kier molecular flexibility index (Phi) is 9.14. The molecule has 0 spiro atoms. The van der Waals surface area contributed by atoms with Gasteiger partial charge in [-0.05, 0) is 12.5 Å².